The minimum Gasteiger partial charge on any atom is -0.506 e. The molecule has 0 aliphatic carbocycles. The van der Waals surface area contributed by atoms with Crippen LogP contribution in [0.15, 0.2) is 12.1 Å². The Labute approximate surface area is 114 Å². The van der Waals surface area contributed by atoms with E-state index in [1.165, 1.54) is 0 Å². The second kappa shape index (κ2) is 7.09. The molecule has 0 aliphatic heterocycles. The Bertz CT molecular complexity index is 433. The van der Waals surface area contributed by atoms with Crippen molar-refractivity contribution in [3.63, 3.8) is 0 Å². The SMILES string of the molecule is Cc1ccc(O)c(CN(C)CC(=O)NCC(C)C)n1. The zero-order chi connectivity index (χ0) is 14.4. The number of likely N-dealkylation sites (N-methyl/N-ethyl adjacent to an activating group) is 1. The lowest BCUT2D eigenvalue weighted by Gasteiger charge is -2.17. The molecule has 0 saturated heterocycles. The molecular formula is C14H23N3O2. The van der Waals surface area contributed by atoms with Crippen LogP contribution >= 0.6 is 0 Å². The Morgan fingerprint density at radius 3 is 2.79 bits per heavy atom. The molecule has 1 aromatic heterocycles. The van der Waals surface area contributed by atoms with Gasteiger partial charge in [-0.15, -0.1) is 0 Å². The molecule has 0 unspecified atom stereocenters. The largest absolute Gasteiger partial charge is 0.506 e. The van der Waals surface area contributed by atoms with Gasteiger partial charge in [0.05, 0.1) is 12.2 Å². The molecule has 5 nitrogen and oxygen atoms in total. The van der Waals surface area contributed by atoms with Gasteiger partial charge in [0.15, 0.2) is 0 Å². The van der Waals surface area contributed by atoms with E-state index in [9.17, 15) is 9.90 Å². The fourth-order valence-electron chi connectivity index (χ4n) is 1.65. The lowest BCUT2D eigenvalue weighted by molar-refractivity contribution is -0.122. The lowest BCUT2D eigenvalue weighted by atomic mass is 10.2. The van der Waals surface area contributed by atoms with E-state index < -0.39 is 0 Å². The lowest BCUT2D eigenvalue weighted by Crippen LogP contribution is -2.36. The summed E-state index contributed by atoms with van der Waals surface area (Å²) in [7, 11) is 1.83. The number of aryl methyl sites for hydroxylation is 1. The van der Waals surface area contributed by atoms with Crippen molar-refractivity contribution >= 4 is 5.91 Å². The van der Waals surface area contributed by atoms with E-state index in [1.807, 2.05) is 18.9 Å². The van der Waals surface area contributed by atoms with E-state index in [-0.39, 0.29) is 11.7 Å². The van der Waals surface area contributed by atoms with Crippen molar-refractivity contribution < 1.29 is 9.90 Å². The number of hydrogen-bond donors (Lipinski definition) is 2. The van der Waals surface area contributed by atoms with Gasteiger partial charge in [0.25, 0.3) is 0 Å². The molecule has 0 radical (unpaired) electrons. The fraction of sp³-hybridized carbons (Fsp3) is 0.571. The molecule has 2 N–H and O–H groups in total. The average Bonchev–Trinajstić information content (AvgIpc) is 2.31. The van der Waals surface area contributed by atoms with E-state index in [2.05, 4.69) is 24.1 Å². The van der Waals surface area contributed by atoms with Gasteiger partial charge in [-0.25, -0.2) is 0 Å². The topological polar surface area (TPSA) is 65.5 Å². The molecule has 0 saturated carbocycles. The highest BCUT2D eigenvalue weighted by Gasteiger charge is 2.10. The Morgan fingerprint density at radius 2 is 2.16 bits per heavy atom. The van der Waals surface area contributed by atoms with E-state index in [0.29, 0.717) is 31.2 Å². The molecule has 0 bridgehead atoms. The first-order valence-electron chi connectivity index (χ1n) is 6.49. The Morgan fingerprint density at radius 1 is 1.47 bits per heavy atom. The maximum Gasteiger partial charge on any atom is 0.234 e. The molecule has 0 fully saturated rings. The number of amides is 1. The van der Waals surface area contributed by atoms with Gasteiger partial charge in [-0.1, -0.05) is 13.8 Å². The molecule has 0 atom stereocenters. The molecule has 5 heteroatoms. The van der Waals surface area contributed by atoms with Crippen LogP contribution in [0.4, 0.5) is 0 Å². The highest BCUT2D eigenvalue weighted by Crippen LogP contribution is 2.15. The van der Waals surface area contributed by atoms with Crippen molar-refractivity contribution in [1.29, 1.82) is 0 Å². The minimum atomic E-state index is -0.0108. The van der Waals surface area contributed by atoms with Crippen LogP contribution in [0.25, 0.3) is 0 Å². The number of hydrogen-bond acceptors (Lipinski definition) is 4. The summed E-state index contributed by atoms with van der Waals surface area (Å²) >= 11 is 0. The van der Waals surface area contributed by atoms with Crippen LogP contribution in [0, 0.1) is 12.8 Å². The second-order valence-corrected chi connectivity index (χ2v) is 5.29. The number of rotatable bonds is 6. The Kier molecular flexibility index (Phi) is 5.76. The van der Waals surface area contributed by atoms with E-state index >= 15 is 0 Å². The van der Waals surface area contributed by atoms with E-state index in [1.54, 1.807) is 12.1 Å². The molecule has 1 heterocycles. The van der Waals surface area contributed by atoms with Crippen molar-refractivity contribution in [1.82, 2.24) is 15.2 Å². The minimum absolute atomic E-state index is 0.0108. The first-order valence-corrected chi connectivity index (χ1v) is 6.49. The van der Waals surface area contributed by atoms with Gasteiger partial charge in [-0.3, -0.25) is 14.7 Å². The standard InChI is InChI=1S/C14H23N3O2/c1-10(2)7-15-14(19)9-17(4)8-12-13(18)6-5-11(3)16-12/h5-6,10,18H,7-9H2,1-4H3,(H,15,19). The molecule has 0 aromatic carbocycles. The molecule has 1 aromatic rings. The van der Waals surface area contributed by atoms with Crippen molar-refractivity contribution in [3.8, 4) is 5.75 Å². The zero-order valence-electron chi connectivity index (χ0n) is 12.1. The van der Waals surface area contributed by atoms with Crippen LogP contribution in [0.5, 0.6) is 5.75 Å². The number of aromatic nitrogens is 1. The predicted molar refractivity (Wildman–Crippen MR) is 74.8 cm³/mol. The molecule has 106 valence electrons. The summed E-state index contributed by atoms with van der Waals surface area (Å²) in [6.45, 7) is 7.40. The van der Waals surface area contributed by atoms with Crippen molar-refractivity contribution in [3.05, 3.63) is 23.5 Å². The fourth-order valence-corrected chi connectivity index (χ4v) is 1.65. The third-order valence-electron chi connectivity index (χ3n) is 2.63. The van der Waals surface area contributed by atoms with Gasteiger partial charge in [0.1, 0.15) is 5.75 Å². The quantitative estimate of drug-likeness (QED) is 0.813. The Balaban J connectivity index is 2.48. The second-order valence-electron chi connectivity index (χ2n) is 5.29. The summed E-state index contributed by atoms with van der Waals surface area (Å²) in [6.07, 6.45) is 0. The van der Waals surface area contributed by atoms with Crippen molar-refractivity contribution in [2.75, 3.05) is 20.1 Å². The average molecular weight is 265 g/mol. The van der Waals surface area contributed by atoms with Crippen LogP contribution in [-0.4, -0.2) is 41.0 Å². The number of carbonyl (C=O) groups is 1. The van der Waals surface area contributed by atoms with Crippen molar-refractivity contribution in [2.45, 2.75) is 27.3 Å². The smallest absolute Gasteiger partial charge is 0.234 e. The number of aromatic hydroxyl groups is 1. The molecular weight excluding hydrogens is 242 g/mol. The maximum absolute atomic E-state index is 11.7. The van der Waals surface area contributed by atoms with E-state index in [4.69, 9.17) is 0 Å². The summed E-state index contributed by atoms with van der Waals surface area (Å²) in [5.41, 5.74) is 1.45. The molecule has 0 aliphatic rings. The van der Waals surface area contributed by atoms with Crippen molar-refractivity contribution in [2.24, 2.45) is 5.92 Å². The summed E-state index contributed by atoms with van der Waals surface area (Å²) < 4.78 is 0. The van der Waals surface area contributed by atoms with Crippen LogP contribution < -0.4 is 5.32 Å². The van der Waals surface area contributed by atoms with Crippen LogP contribution in [0.2, 0.25) is 0 Å². The molecule has 1 rings (SSSR count). The first-order chi connectivity index (χ1) is 8.88. The van der Waals surface area contributed by atoms with Gasteiger partial charge in [0.2, 0.25) is 5.91 Å². The Hall–Kier alpha value is -1.62. The summed E-state index contributed by atoms with van der Waals surface area (Å²) in [4.78, 5) is 17.8. The van der Waals surface area contributed by atoms with Crippen LogP contribution in [0.3, 0.4) is 0 Å². The maximum atomic E-state index is 11.7. The van der Waals surface area contributed by atoms with Crippen LogP contribution in [-0.2, 0) is 11.3 Å². The number of pyridine rings is 1. The van der Waals surface area contributed by atoms with Gasteiger partial charge in [0, 0.05) is 18.8 Å². The van der Waals surface area contributed by atoms with E-state index in [0.717, 1.165) is 5.69 Å². The highest BCUT2D eigenvalue weighted by molar-refractivity contribution is 5.77. The van der Waals surface area contributed by atoms with Gasteiger partial charge >= 0.3 is 0 Å². The highest BCUT2D eigenvalue weighted by atomic mass is 16.3. The predicted octanol–water partition coefficient (Wildman–Crippen LogP) is 1.30. The molecule has 0 spiro atoms. The number of carbonyl (C=O) groups excluding carboxylic acids is 1. The molecule has 1 amide bonds. The zero-order valence-corrected chi connectivity index (χ0v) is 12.1. The third-order valence-corrected chi connectivity index (χ3v) is 2.63. The normalized spacial score (nSPS) is 11.1. The third kappa shape index (κ3) is 5.70. The van der Waals surface area contributed by atoms with Gasteiger partial charge < -0.3 is 10.4 Å². The number of nitrogens with zero attached hydrogens (tertiary/aromatic N) is 2. The first kappa shape index (κ1) is 15.4. The summed E-state index contributed by atoms with van der Waals surface area (Å²) in [5, 5.41) is 12.6. The van der Waals surface area contributed by atoms with Gasteiger partial charge in [-0.2, -0.15) is 0 Å². The summed E-state index contributed by atoms with van der Waals surface area (Å²) in [6, 6.07) is 3.39. The number of nitrogens with one attached hydrogen (secondary N) is 1. The van der Waals surface area contributed by atoms with Crippen LogP contribution in [0.1, 0.15) is 25.2 Å². The monoisotopic (exact) mass is 265 g/mol. The summed E-state index contributed by atoms with van der Waals surface area (Å²) in [5.74, 6) is 0.597. The van der Waals surface area contributed by atoms with Gasteiger partial charge in [-0.05, 0) is 32.0 Å². The molecule has 19 heavy (non-hydrogen) atoms.